The molecule has 3 rings (SSSR count). The second-order valence-corrected chi connectivity index (χ2v) is 6.15. The minimum atomic E-state index is -1.05. The normalized spacial score (nSPS) is 9.38. The molecule has 1 amide bonds. The molecule has 168 valence electrons. The van der Waals surface area contributed by atoms with Gasteiger partial charge in [-0.05, 0) is 24.3 Å². The summed E-state index contributed by atoms with van der Waals surface area (Å²) in [7, 11) is 0. The largest absolute Gasteiger partial charge is 0.478 e. The molecule has 0 atom stereocenters. The molecule has 0 radical (unpaired) electrons. The zero-order chi connectivity index (χ0) is 24.3. The Labute approximate surface area is 182 Å². The second-order valence-electron chi connectivity index (χ2n) is 6.15. The quantitative estimate of drug-likeness (QED) is 0.450. The van der Waals surface area contributed by atoms with Crippen molar-refractivity contribution in [3.8, 4) is 0 Å². The summed E-state index contributed by atoms with van der Waals surface area (Å²) in [5, 5.41) is 11.7. The van der Waals surface area contributed by atoms with Crippen LogP contribution in [-0.2, 0) is 19.1 Å². The van der Waals surface area contributed by atoms with Crippen LogP contribution < -0.4 is 10.9 Å². The van der Waals surface area contributed by atoms with E-state index in [1.165, 1.54) is 26.8 Å². The van der Waals surface area contributed by atoms with Crippen LogP contribution in [0.25, 0.3) is 10.9 Å². The Morgan fingerprint density at radius 3 is 2.03 bits per heavy atom. The molecule has 2 aromatic carbocycles. The monoisotopic (exact) mass is 442 g/mol. The van der Waals surface area contributed by atoms with E-state index in [4.69, 9.17) is 9.52 Å². The number of carbonyl (C=O) groups excluding carboxylic acids is 3. The Kier molecular flexibility index (Phi) is 9.94. The molecule has 0 aliphatic heterocycles. The molecule has 3 aromatic rings. The molecule has 0 fully saturated rings. The van der Waals surface area contributed by atoms with Gasteiger partial charge in [0.05, 0.1) is 22.2 Å². The SMILES string of the molecule is CC(=O)Nc1ccccc1C(=O)O.CC(=O)OC(C)=O.Cc1nc2ccccc2c(=O)o1. The summed E-state index contributed by atoms with van der Waals surface area (Å²) < 4.78 is 8.80. The maximum absolute atomic E-state index is 11.2. The van der Waals surface area contributed by atoms with Crippen LogP contribution in [0.1, 0.15) is 37.0 Å². The first-order valence-corrected chi connectivity index (χ1v) is 9.16. The van der Waals surface area contributed by atoms with Crippen LogP contribution in [0.15, 0.2) is 57.7 Å². The lowest BCUT2D eigenvalue weighted by atomic mass is 10.2. The number of carboxylic acids is 1. The number of aryl methyl sites for hydroxylation is 1. The fraction of sp³-hybridized carbons (Fsp3) is 0.182. The van der Waals surface area contributed by atoms with Crippen molar-refractivity contribution in [3.63, 3.8) is 0 Å². The number of anilines is 1. The van der Waals surface area contributed by atoms with Crippen LogP contribution in [0.5, 0.6) is 0 Å². The van der Waals surface area contributed by atoms with Crippen LogP contribution in [0, 0.1) is 6.92 Å². The summed E-state index contributed by atoms with van der Waals surface area (Å²) in [4.78, 5) is 56.2. The number of benzene rings is 2. The zero-order valence-corrected chi connectivity index (χ0v) is 17.9. The third-order valence-electron chi connectivity index (χ3n) is 3.40. The Balaban J connectivity index is 0.000000252. The van der Waals surface area contributed by atoms with Crippen molar-refractivity contribution in [2.45, 2.75) is 27.7 Å². The lowest BCUT2D eigenvalue weighted by Gasteiger charge is -2.04. The van der Waals surface area contributed by atoms with Gasteiger partial charge in [-0.1, -0.05) is 24.3 Å². The van der Waals surface area contributed by atoms with Gasteiger partial charge < -0.3 is 19.6 Å². The molecule has 32 heavy (non-hydrogen) atoms. The van der Waals surface area contributed by atoms with Crippen molar-refractivity contribution in [1.82, 2.24) is 4.98 Å². The molecule has 0 aliphatic rings. The third-order valence-corrected chi connectivity index (χ3v) is 3.40. The Morgan fingerprint density at radius 1 is 0.938 bits per heavy atom. The van der Waals surface area contributed by atoms with Crippen molar-refractivity contribution < 1.29 is 33.4 Å². The van der Waals surface area contributed by atoms with E-state index in [0.717, 1.165) is 0 Å². The third kappa shape index (κ3) is 8.99. The number of esters is 2. The number of aromatic carboxylic acids is 1. The predicted molar refractivity (Wildman–Crippen MR) is 115 cm³/mol. The maximum atomic E-state index is 11.2. The zero-order valence-electron chi connectivity index (χ0n) is 17.9. The molecule has 2 N–H and O–H groups in total. The van der Waals surface area contributed by atoms with E-state index in [-0.39, 0.29) is 17.1 Å². The first kappa shape index (κ1) is 25.7. The Morgan fingerprint density at radius 2 is 1.50 bits per heavy atom. The van der Waals surface area contributed by atoms with Gasteiger partial charge in [-0.15, -0.1) is 0 Å². The number of amides is 1. The highest BCUT2D eigenvalue weighted by Crippen LogP contribution is 2.14. The minimum absolute atomic E-state index is 0.0951. The van der Waals surface area contributed by atoms with Crippen LogP contribution in [0.3, 0.4) is 0 Å². The van der Waals surface area contributed by atoms with Gasteiger partial charge >= 0.3 is 23.5 Å². The van der Waals surface area contributed by atoms with Gasteiger partial charge in [0.15, 0.2) is 5.89 Å². The van der Waals surface area contributed by atoms with E-state index in [1.807, 2.05) is 6.07 Å². The number of hydrogen-bond donors (Lipinski definition) is 2. The fourth-order valence-electron chi connectivity index (χ4n) is 2.30. The predicted octanol–water partition coefficient (Wildman–Crippen LogP) is 2.94. The summed E-state index contributed by atoms with van der Waals surface area (Å²) in [6.45, 7) is 5.36. The van der Waals surface area contributed by atoms with E-state index in [1.54, 1.807) is 43.3 Å². The highest BCUT2D eigenvalue weighted by atomic mass is 16.6. The number of carbonyl (C=O) groups is 4. The lowest BCUT2D eigenvalue weighted by Crippen LogP contribution is -2.10. The molecular formula is C22H22N2O8. The summed E-state index contributed by atoms with van der Waals surface area (Å²) in [6.07, 6.45) is 0. The van der Waals surface area contributed by atoms with Gasteiger partial charge in [-0.3, -0.25) is 14.4 Å². The van der Waals surface area contributed by atoms with Gasteiger partial charge in [-0.25, -0.2) is 14.6 Å². The fourth-order valence-corrected chi connectivity index (χ4v) is 2.30. The number of aromatic nitrogens is 1. The number of rotatable bonds is 2. The van der Waals surface area contributed by atoms with E-state index in [9.17, 15) is 24.0 Å². The average Bonchev–Trinajstić information content (AvgIpc) is 2.67. The Bertz CT molecular complexity index is 1170. The number of ether oxygens (including phenoxy) is 1. The number of para-hydroxylation sites is 2. The molecule has 0 saturated heterocycles. The maximum Gasteiger partial charge on any atom is 0.346 e. The van der Waals surface area contributed by atoms with E-state index < -0.39 is 17.9 Å². The van der Waals surface area contributed by atoms with Gasteiger partial charge in [0.25, 0.3) is 0 Å². The van der Waals surface area contributed by atoms with E-state index >= 15 is 0 Å². The van der Waals surface area contributed by atoms with Crippen LogP contribution in [0.4, 0.5) is 5.69 Å². The van der Waals surface area contributed by atoms with Crippen LogP contribution in [-0.4, -0.2) is 33.9 Å². The minimum Gasteiger partial charge on any atom is -0.478 e. The molecule has 10 heteroatoms. The van der Waals surface area contributed by atoms with Crippen molar-refractivity contribution in [2.24, 2.45) is 0 Å². The standard InChI is InChI=1S/C9H9NO3.C9H7NO2.C4H6O3/c1-6(11)10-8-5-3-2-4-7(8)9(12)13;1-6-10-8-5-3-2-4-7(8)9(11)12-6;1-3(5)7-4(2)6/h2-5H,1H3,(H,10,11)(H,12,13);2-5H,1H3;1-2H3. The number of nitrogens with one attached hydrogen (secondary N) is 1. The topological polar surface area (TPSA) is 153 Å². The van der Waals surface area contributed by atoms with E-state index in [2.05, 4.69) is 15.0 Å². The van der Waals surface area contributed by atoms with Crippen molar-refractivity contribution in [2.75, 3.05) is 5.32 Å². The van der Waals surface area contributed by atoms with Crippen molar-refractivity contribution >= 4 is 40.4 Å². The summed E-state index contributed by atoms with van der Waals surface area (Å²) in [5.41, 5.74) is 0.782. The number of nitrogens with zero attached hydrogens (tertiary/aromatic N) is 1. The van der Waals surface area contributed by atoms with Crippen LogP contribution >= 0.6 is 0 Å². The highest BCUT2D eigenvalue weighted by molar-refractivity contribution is 5.99. The first-order valence-electron chi connectivity index (χ1n) is 9.16. The summed E-state index contributed by atoms with van der Waals surface area (Å²) in [5.74, 6) is -2.06. The molecule has 1 heterocycles. The highest BCUT2D eigenvalue weighted by Gasteiger charge is 2.08. The summed E-state index contributed by atoms with van der Waals surface area (Å²) in [6, 6.07) is 13.4. The lowest BCUT2D eigenvalue weighted by molar-refractivity contribution is -0.156. The number of carboxylic acid groups (broad SMARTS) is 1. The summed E-state index contributed by atoms with van der Waals surface area (Å²) >= 11 is 0. The van der Waals surface area contributed by atoms with E-state index in [0.29, 0.717) is 22.5 Å². The molecular weight excluding hydrogens is 420 g/mol. The molecule has 0 unspecified atom stereocenters. The van der Waals surface area contributed by atoms with Gasteiger partial charge in [0.1, 0.15) is 0 Å². The van der Waals surface area contributed by atoms with Crippen molar-refractivity contribution in [1.29, 1.82) is 0 Å². The van der Waals surface area contributed by atoms with Gasteiger partial charge in [0.2, 0.25) is 5.91 Å². The molecule has 0 bridgehead atoms. The van der Waals surface area contributed by atoms with Crippen LogP contribution in [0.2, 0.25) is 0 Å². The molecule has 0 saturated carbocycles. The first-order chi connectivity index (χ1) is 15.0. The number of fused-ring (bicyclic) bond motifs is 1. The van der Waals surface area contributed by atoms with Crippen molar-refractivity contribution in [3.05, 3.63) is 70.4 Å². The Hall–Kier alpha value is -4.34. The average molecular weight is 442 g/mol. The second kappa shape index (κ2) is 12.4. The van der Waals surface area contributed by atoms with Gasteiger partial charge in [-0.2, -0.15) is 0 Å². The molecule has 0 aliphatic carbocycles. The smallest absolute Gasteiger partial charge is 0.346 e. The number of hydrogen-bond acceptors (Lipinski definition) is 8. The molecule has 0 spiro atoms. The molecule has 1 aromatic heterocycles. The van der Waals surface area contributed by atoms with Gasteiger partial charge in [0, 0.05) is 27.7 Å². The molecule has 10 nitrogen and oxygen atoms in total.